The minimum Gasteiger partial charge on any atom is -0.449 e. The molecule has 126 valence electrons. The lowest BCUT2D eigenvalue weighted by Crippen LogP contribution is -2.41. The van der Waals surface area contributed by atoms with E-state index in [1.807, 2.05) is 58.0 Å². The van der Waals surface area contributed by atoms with Gasteiger partial charge in [-0.25, -0.2) is 4.79 Å². The fourth-order valence-corrected chi connectivity index (χ4v) is 2.24. The van der Waals surface area contributed by atoms with Gasteiger partial charge in [0.1, 0.15) is 0 Å². The van der Waals surface area contributed by atoms with Gasteiger partial charge in [-0.2, -0.15) is 0 Å². The Morgan fingerprint density at radius 3 is 2.29 bits per heavy atom. The molecular formula is C19H23BO4. The molecule has 1 aliphatic rings. The standard InChI is InChI=1S/C19H23BO4/c1-6-7-13-22-17(21)14-16(15-11-9-8-10-12-15)20-23-18(2,3)19(4,5)24-20/h8-12,14H,13H2,1-5H3/b16-14+. The van der Waals surface area contributed by atoms with Gasteiger partial charge in [0.05, 0.1) is 11.2 Å². The van der Waals surface area contributed by atoms with E-state index < -0.39 is 24.3 Å². The molecule has 1 aromatic carbocycles. The Bertz CT molecular complexity index is 664. The number of benzene rings is 1. The summed E-state index contributed by atoms with van der Waals surface area (Å²) in [6.07, 6.45) is 1.43. The quantitative estimate of drug-likeness (QED) is 0.369. The van der Waals surface area contributed by atoms with E-state index in [0.29, 0.717) is 5.47 Å². The zero-order valence-corrected chi connectivity index (χ0v) is 14.9. The lowest BCUT2D eigenvalue weighted by Gasteiger charge is -2.32. The van der Waals surface area contributed by atoms with Crippen molar-refractivity contribution in [3.63, 3.8) is 0 Å². The Kier molecular flexibility index (Phi) is 5.53. The minimum atomic E-state index is -0.637. The summed E-state index contributed by atoms with van der Waals surface area (Å²) in [6.45, 7) is 9.67. The van der Waals surface area contributed by atoms with Crippen LogP contribution in [0.3, 0.4) is 0 Å². The molecule has 1 fully saturated rings. The topological polar surface area (TPSA) is 44.8 Å². The van der Waals surface area contributed by atoms with Crippen molar-refractivity contribution in [2.45, 2.75) is 45.8 Å². The summed E-state index contributed by atoms with van der Waals surface area (Å²) in [5, 5.41) is 0. The molecule has 1 aliphatic heterocycles. The third-order valence-electron chi connectivity index (χ3n) is 4.35. The van der Waals surface area contributed by atoms with Crippen LogP contribution in [0.1, 0.15) is 40.2 Å². The Labute approximate surface area is 144 Å². The van der Waals surface area contributed by atoms with Gasteiger partial charge in [-0.1, -0.05) is 36.3 Å². The first-order valence-corrected chi connectivity index (χ1v) is 7.96. The van der Waals surface area contributed by atoms with Crippen LogP contribution in [-0.4, -0.2) is 30.9 Å². The largest absolute Gasteiger partial charge is 0.495 e. The van der Waals surface area contributed by atoms with Crippen molar-refractivity contribution in [1.29, 1.82) is 0 Å². The lowest BCUT2D eigenvalue weighted by molar-refractivity contribution is -0.136. The van der Waals surface area contributed by atoms with E-state index in [0.717, 1.165) is 5.56 Å². The predicted molar refractivity (Wildman–Crippen MR) is 94.9 cm³/mol. The van der Waals surface area contributed by atoms with Gasteiger partial charge in [0.2, 0.25) is 0 Å². The molecule has 0 radical (unpaired) electrons. The van der Waals surface area contributed by atoms with Crippen LogP contribution in [0.2, 0.25) is 0 Å². The molecule has 1 saturated heterocycles. The Balaban J connectivity index is 2.31. The smallest absolute Gasteiger partial charge is 0.449 e. The van der Waals surface area contributed by atoms with Crippen LogP contribution in [0.4, 0.5) is 0 Å². The molecule has 0 atom stereocenters. The van der Waals surface area contributed by atoms with Crippen molar-refractivity contribution >= 4 is 18.6 Å². The molecule has 0 aromatic heterocycles. The fourth-order valence-electron chi connectivity index (χ4n) is 2.24. The summed E-state index contributed by atoms with van der Waals surface area (Å²) in [5.41, 5.74) is 0.532. The number of esters is 1. The Hall–Kier alpha value is -2.03. The third-order valence-corrected chi connectivity index (χ3v) is 4.35. The average Bonchev–Trinajstić information content (AvgIpc) is 2.74. The van der Waals surface area contributed by atoms with Crippen LogP contribution in [0.25, 0.3) is 5.47 Å². The van der Waals surface area contributed by atoms with E-state index in [-0.39, 0.29) is 6.61 Å². The van der Waals surface area contributed by atoms with Crippen LogP contribution < -0.4 is 0 Å². The van der Waals surface area contributed by atoms with E-state index in [2.05, 4.69) is 11.8 Å². The highest BCUT2D eigenvalue weighted by molar-refractivity contribution is 6.69. The van der Waals surface area contributed by atoms with Gasteiger partial charge in [-0.15, -0.1) is 5.92 Å². The highest BCUT2D eigenvalue weighted by Gasteiger charge is 2.52. The third kappa shape index (κ3) is 4.08. The normalized spacial score (nSPS) is 18.7. The number of carbonyl (C=O) groups excluding carboxylic acids is 1. The number of hydrogen-bond donors (Lipinski definition) is 0. The monoisotopic (exact) mass is 326 g/mol. The maximum absolute atomic E-state index is 12.1. The number of ether oxygens (including phenoxy) is 1. The molecule has 24 heavy (non-hydrogen) atoms. The van der Waals surface area contributed by atoms with Gasteiger partial charge >= 0.3 is 13.1 Å². The summed E-state index contributed by atoms with van der Waals surface area (Å²) in [7, 11) is -0.637. The zero-order valence-electron chi connectivity index (χ0n) is 14.9. The first-order chi connectivity index (χ1) is 11.3. The first kappa shape index (κ1) is 18.3. The maximum atomic E-state index is 12.1. The molecule has 0 N–H and O–H groups in total. The molecule has 0 saturated carbocycles. The maximum Gasteiger partial charge on any atom is 0.495 e. The van der Waals surface area contributed by atoms with E-state index in [9.17, 15) is 4.79 Å². The van der Waals surface area contributed by atoms with Gasteiger partial charge in [0, 0.05) is 6.08 Å². The molecule has 1 aromatic rings. The number of rotatable bonds is 4. The summed E-state index contributed by atoms with van der Waals surface area (Å²) in [5.74, 6) is 4.92. The van der Waals surface area contributed by atoms with Gasteiger partial charge in [-0.05, 0) is 45.7 Å². The molecule has 4 nitrogen and oxygen atoms in total. The molecule has 0 spiro atoms. The van der Waals surface area contributed by atoms with Crippen molar-refractivity contribution in [2.24, 2.45) is 0 Å². The van der Waals surface area contributed by atoms with E-state index in [1.165, 1.54) is 6.08 Å². The van der Waals surface area contributed by atoms with Gasteiger partial charge in [0.25, 0.3) is 0 Å². The highest BCUT2D eigenvalue weighted by atomic mass is 16.7. The van der Waals surface area contributed by atoms with E-state index >= 15 is 0 Å². The predicted octanol–water partition coefficient (Wildman–Crippen LogP) is 3.27. The number of hydrogen-bond acceptors (Lipinski definition) is 4. The summed E-state index contributed by atoms with van der Waals surface area (Å²) >= 11 is 0. The van der Waals surface area contributed by atoms with Crippen LogP contribution >= 0.6 is 0 Å². The highest BCUT2D eigenvalue weighted by Crippen LogP contribution is 2.40. The van der Waals surface area contributed by atoms with Crippen molar-refractivity contribution in [1.82, 2.24) is 0 Å². The fraction of sp³-hybridized carbons (Fsp3) is 0.421. The summed E-state index contributed by atoms with van der Waals surface area (Å²) in [4.78, 5) is 12.1. The molecule has 2 rings (SSSR count). The molecule has 0 aliphatic carbocycles. The summed E-state index contributed by atoms with van der Waals surface area (Å²) in [6, 6.07) is 9.55. The average molecular weight is 326 g/mol. The SMILES string of the molecule is CC#CCOC(=O)/C=C(/B1OC(C)(C)C(C)(C)O1)c1ccccc1. The van der Waals surface area contributed by atoms with Crippen molar-refractivity contribution < 1.29 is 18.8 Å². The molecule has 0 bridgehead atoms. The number of carbonyl (C=O) groups is 1. The van der Waals surface area contributed by atoms with Crippen molar-refractivity contribution in [3.05, 3.63) is 42.0 Å². The van der Waals surface area contributed by atoms with E-state index in [4.69, 9.17) is 14.0 Å². The second-order valence-electron chi connectivity index (χ2n) is 6.59. The molecular weight excluding hydrogens is 303 g/mol. The second kappa shape index (κ2) is 7.25. The van der Waals surface area contributed by atoms with Crippen LogP contribution in [-0.2, 0) is 18.8 Å². The second-order valence-corrected chi connectivity index (χ2v) is 6.59. The summed E-state index contributed by atoms with van der Waals surface area (Å²) < 4.78 is 17.3. The van der Waals surface area contributed by atoms with Crippen LogP contribution in [0, 0.1) is 11.8 Å². The molecule has 0 amide bonds. The Morgan fingerprint density at radius 2 is 1.75 bits per heavy atom. The van der Waals surface area contributed by atoms with Crippen LogP contribution in [0.5, 0.6) is 0 Å². The zero-order chi connectivity index (χ0) is 17.8. The minimum absolute atomic E-state index is 0.0667. The van der Waals surface area contributed by atoms with Gasteiger partial charge in [-0.3, -0.25) is 0 Å². The van der Waals surface area contributed by atoms with Gasteiger partial charge in [0.15, 0.2) is 6.61 Å². The van der Waals surface area contributed by atoms with Gasteiger partial charge < -0.3 is 14.0 Å². The van der Waals surface area contributed by atoms with E-state index in [1.54, 1.807) is 6.92 Å². The molecule has 1 heterocycles. The molecule has 0 unspecified atom stereocenters. The Morgan fingerprint density at radius 1 is 1.17 bits per heavy atom. The molecule has 5 heteroatoms. The van der Waals surface area contributed by atoms with Crippen molar-refractivity contribution in [2.75, 3.05) is 6.61 Å². The van der Waals surface area contributed by atoms with Crippen molar-refractivity contribution in [3.8, 4) is 11.8 Å². The first-order valence-electron chi connectivity index (χ1n) is 7.96. The van der Waals surface area contributed by atoms with Crippen LogP contribution in [0.15, 0.2) is 36.4 Å². The lowest BCUT2D eigenvalue weighted by atomic mass is 9.74.